The zero-order valence-corrected chi connectivity index (χ0v) is 13.4. The number of hydrogen-bond acceptors (Lipinski definition) is 3. The Morgan fingerprint density at radius 2 is 2.05 bits per heavy atom. The molecule has 0 aliphatic heterocycles. The van der Waals surface area contributed by atoms with Crippen LogP contribution in [-0.2, 0) is 9.53 Å². The standard InChI is InChI=1S/C16H32N2O2/c1-12(2)14-9-8-13(3)11-15(14)20-10-6-4-5-7-16(19)18-17/h12-15H,4-11,17H2,1-3H3,(H,18,19). The van der Waals surface area contributed by atoms with Crippen molar-refractivity contribution in [3.05, 3.63) is 0 Å². The maximum atomic E-state index is 11.0. The zero-order valence-electron chi connectivity index (χ0n) is 13.4. The quantitative estimate of drug-likeness (QED) is 0.312. The van der Waals surface area contributed by atoms with Crippen LogP contribution in [0.2, 0.25) is 0 Å². The van der Waals surface area contributed by atoms with Crippen LogP contribution in [0.25, 0.3) is 0 Å². The molecular weight excluding hydrogens is 252 g/mol. The first-order valence-corrected chi connectivity index (χ1v) is 8.15. The maximum Gasteiger partial charge on any atom is 0.233 e. The average Bonchev–Trinajstić information content (AvgIpc) is 2.42. The maximum absolute atomic E-state index is 11.0. The predicted octanol–water partition coefficient (Wildman–Crippen LogP) is 3.01. The number of nitrogens with one attached hydrogen (secondary N) is 1. The van der Waals surface area contributed by atoms with E-state index < -0.39 is 0 Å². The Bertz CT molecular complexity index is 282. The number of unbranched alkanes of at least 4 members (excludes halogenated alkanes) is 2. The highest BCUT2D eigenvalue weighted by Gasteiger charge is 2.31. The summed E-state index contributed by atoms with van der Waals surface area (Å²) in [6.07, 6.45) is 7.77. The van der Waals surface area contributed by atoms with Gasteiger partial charge in [0.2, 0.25) is 5.91 Å². The largest absolute Gasteiger partial charge is 0.378 e. The fraction of sp³-hybridized carbons (Fsp3) is 0.938. The zero-order chi connectivity index (χ0) is 15.0. The molecule has 0 aromatic heterocycles. The second-order valence-electron chi connectivity index (χ2n) is 6.61. The molecule has 3 unspecified atom stereocenters. The molecule has 4 heteroatoms. The number of hydrogen-bond donors (Lipinski definition) is 2. The molecule has 1 aliphatic carbocycles. The molecule has 0 bridgehead atoms. The van der Waals surface area contributed by atoms with Gasteiger partial charge in [0.25, 0.3) is 0 Å². The third-order valence-electron chi connectivity index (χ3n) is 4.50. The molecule has 0 aromatic carbocycles. The summed E-state index contributed by atoms with van der Waals surface area (Å²) < 4.78 is 6.14. The van der Waals surface area contributed by atoms with Gasteiger partial charge in [-0.1, -0.05) is 33.6 Å². The molecule has 0 heterocycles. The van der Waals surface area contributed by atoms with E-state index in [0.717, 1.165) is 31.8 Å². The first kappa shape index (κ1) is 17.4. The molecule has 118 valence electrons. The van der Waals surface area contributed by atoms with E-state index in [2.05, 4.69) is 26.2 Å². The summed E-state index contributed by atoms with van der Waals surface area (Å²) in [5.41, 5.74) is 2.16. The van der Waals surface area contributed by atoms with Crippen molar-refractivity contribution in [1.82, 2.24) is 5.43 Å². The number of hydrazine groups is 1. The van der Waals surface area contributed by atoms with E-state index in [1.165, 1.54) is 19.3 Å². The summed E-state index contributed by atoms with van der Waals surface area (Å²) >= 11 is 0. The molecule has 3 atom stereocenters. The van der Waals surface area contributed by atoms with Crippen molar-refractivity contribution in [3.63, 3.8) is 0 Å². The van der Waals surface area contributed by atoms with E-state index in [4.69, 9.17) is 10.6 Å². The Balaban J connectivity index is 2.16. The molecule has 0 saturated heterocycles. The monoisotopic (exact) mass is 284 g/mol. The number of carbonyl (C=O) groups is 1. The van der Waals surface area contributed by atoms with Crippen LogP contribution in [0.4, 0.5) is 0 Å². The van der Waals surface area contributed by atoms with Crippen LogP contribution in [0.3, 0.4) is 0 Å². The van der Waals surface area contributed by atoms with Crippen LogP contribution in [-0.4, -0.2) is 18.6 Å². The predicted molar refractivity (Wildman–Crippen MR) is 81.9 cm³/mol. The lowest BCUT2D eigenvalue weighted by atomic mass is 9.75. The Morgan fingerprint density at radius 1 is 1.30 bits per heavy atom. The molecule has 0 aromatic rings. The summed E-state index contributed by atoms with van der Waals surface area (Å²) in [5, 5.41) is 0. The van der Waals surface area contributed by atoms with Crippen LogP contribution >= 0.6 is 0 Å². The van der Waals surface area contributed by atoms with Crippen molar-refractivity contribution in [2.24, 2.45) is 23.6 Å². The smallest absolute Gasteiger partial charge is 0.233 e. The SMILES string of the molecule is CC1CCC(C(C)C)C(OCCCCCC(=O)NN)C1. The van der Waals surface area contributed by atoms with Crippen molar-refractivity contribution in [2.75, 3.05) is 6.61 Å². The van der Waals surface area contributed by atoms with Crippen molar-refractivity contribution < 1.29 is 9.53 Å². The molecule has 3 N–H and O–H groups in total. The van der Waals surface area contributed by atoms with E-state index in [1.807, 2.05) is 0 Å². The molecular formula is C16H32N2O2. The normalized spacial score (nSPS) is 26.8. The van der Waals surface area contributed by atoms with Crippen molar-refractivity contribution in [1.29, 1.82) is 0 Å². The van der Waals surface area contributed by atoms with E-state index in [1.54, 1.807) is 0 Å². The fourth-order valence-electron chi connectivity index (χ4n) is 3.18. The average molecular weight is 284 g/mol. The lowest BCUT2D eigenvalue weighted by Gasteiger charge is -2.37. The summed E-state index contributed by atoms with van der Waals surface area (Å²) in [7, 11) is 0. The number of carbonyl (C=O) groups excluding carboxylic acids is 1. The minimum atomic E-state index is -0.0769. The van der Waals surface area contributed by atoms with E-state index in [0.29, 0.717) is 24.4 Å². The van der Waals surface area contributed by atoms with E-state index in [9.17, 15) is 4.79 Å². The first-order valence-electron chi connectivity index (χ1n) is 8.15. The fourth-order valence-corrected chi connectivity index (χ4v) is 3.18. The van der Waals surface area contributed by atoms with Crippen molar-refractivity contribution >= 4 is 5.91 Å². The van der Waals surface area contributed by atoms with Crippen LogP contribution in [0, 0.1) is 17.8 Å². The van der Waals surface area contributed by atoms with Gasteiger partial charge in [-0.2, -0.15) is 0 Å². The molecule has 20 heavy (non-hydrogen) atoms. The van der Waals surface area contributed by atoms with Crippen molar-refractivity contribution in [3.8, 4) is 0 Å². The van der Waals surface area contributed by atoms with E-state index in [-0.39, 0.29) is 5.91 Å². The highest BCUT2D eigenvalue weighted by molar-refractivity contribution is 5.74. The van der Waals surface area contributed by atoms with Gasteiger partial charge >= 0.3 is 0 Å². The highest BCUT2D eigenvalue weighted by atomic mass is 16.5. The second kappa shape index (κ2) is 9.35. The molecule has 1 fully saturated rings. The third-order valence-corrected chi connectivity index (χ3v) is 4.50. The number of rotatable bonds is 8. The topological polar surface area (TPSA) is 64.3 Å². The van der Waals surface area contributed by atoms with Gasteiger partial charge in [0.15, 0.2) is 0 Å². The van der Waals surface area contributed by atoms with Crippen LogP contribution < -0.4 is 11.3 Å². The highest BCUT2D eigenvalue weighted by Crippen LogP contribution is 2.35. The molecule has 1 saturated carbocycles. The van der Waals surface area contributed by atoms with Gasteiger partial charge in [0.05, 0.1) is 6.10 Å². The third kappa shape index (κ3) is 6.23. The first-order chi connectivity index (χ1) is 9.54. The number of nitrogens with two attached hydrogens (primary N) is 1. The molecule has 0 spiro atoms. The molecule has 0 radical (unpaired) electrons. The van der Waals surface area contributed by atoms with Gasteiger partial charge in [-0.05, 0) is 43.4 Å². The minimum absolute atomic E-state index is 0.0769. The lowest BCUT2D eigenvalue weighted by molar-refractivity contribution is -0.121. The number of ether oxygens (including phenoxy) is 1. The Morgan fingerprint density at radius 3 is 2.70 bits per heavy atom. The number of amides is 1. The lowest BCUT2D eigenvalue weighted by Crippen LogP contribution is -2.34. The van der Waals surface area contributed by atoms with Crippen LogP contribution in [0.1, 0.15) is 65.7 Å². The minimum Gasteiger partial charge on any atom is -0.378 e. The summed E-state index contributed by atoms with van der Waals surface area (Å²) in [6, 6.07) is 0. The Labute approximate surface area is 123 Å². The van der Waals surface area contributed by atoms with E-state index >= 15 is 0 Å². The van der Waals surface area contributed by atoms with Gasteiger partial charge < -0.3 is 4.74 Å². The summed E-state index contributed by atoms with van der Waals surface area (Å²) in [4.78, 5) is 11.0. The molecule has 1 rings (SSSR count). The van der Waals surface area contributed by atoms with Crippen LogP contribution in [0.15, 0.2) is 0 Å². The van der Waals surface area contributed by atoms with Crippen LogP contribution in [0.5, 0.6) is 0 Å². The summed E-state index contributed by atoms with van der Waals surface area (Å²) in [5.74, 6) is 7.19. The van der Waals surface area contributed by atoms with Gasteiger partial charge in [-0.3, -0.25) is 10.2 Å². The second-order valence-corrected chi connectivity index (χ2v) is 6.61. The molecule has 4 nitrogen and oxygen atoms in total. The van der Waals surface area contributed by atoms with Gasteiger partial charge in [-0.25, -0.2) is 5.84 Å². The van der Waals surface area contributed by atoms with Gasteiger partial charge in [-0.15, -0.1) is 0 Å². The Hall–Kier alpha value is -0.610. The summed E-state index contributed by atoms with van der Waals surface area (Å²) in [6.45, 7) is 7.77. The van der Waals surface area contributed by atoms with Crippen molar-refractivity contribution in [2.45, 2.75) is 71.8 Å². The Kier molecular flexibility index (Phi) is 8.15. The van der Waals surface area contributed by atoms with Gasteiger partial charge in [0.1, 0.15) is 0 Å². The molecule has 1 amide bonds. The van der Waals surface area contributed by atoms with Gasteiger partial charge in [0, 0.05) is 13.0 Å². The molecule has 1 aliphatic rings.